The number of methoxy groups -OCH3 is 1. The zero-order valence-corrected chi connectivity index (χ0v) is 13.9. The van der Waals surface area contributed by atoms with Crippen molar-refractivity contribution in [3.8, 4) is 5.75 Å². The summed E-state index contributed by atoms with van der Waals surface area (Å²) in [5, 5.41) is 6.16. The molecule has 124 valence electrons. The molecule has 0 saturated heterocycles. The summed E-state index contributed by atoms with van der Waals surface area (Å²) in [7, 11) is 1.53. The number of anilines is 2. The number of carbonyl (C=O) groups excluding carboxylic acids is 2. The molecule has 0 heterocycles. The second-order valence-electron chi connectivity index (χ2n) is 5.70. The first kappa shape index (κ1) is 16.3. The lowest BCUT2D eigenvalue weighted by atomic mass is 10.0. The van der Waals surface area contributed by atoms with Crippen molar-refractivity contribution < 1.29 is 14.3 Å². The predicted octanol–water partition coefficient (Wildman–Crippen LogP) is 3.71. The van der Waals surface area contributed by atoms with E-state index in [4.69, 9.17) is 16.3 Å². The van der Waals surface area contributed by atoms with Crippen molar-refractivity contribution in [3.05, 3.63) is 53.6 Å². The quantitative estimate of drug-likeness (QED) is 0.812. The summed E-state index contributed by atoms with van der Waals surface area (Å²) in [5.41, 5.74) is 0.136. The largest absolute Gasteiger partial charge is 0.495 e. The normalized spacial score (nSPS) is 14.6. The van der Waals surface area contributed by atoms with Crippen molar-refractivity contribution in [3.63, 3.8) is 0 Å². The van der Waals surface area contributed by atoms with Crippen molar-refractivity contribution in [1.82, 2.24) is 0 Å². The van der Waals surface area contributed by atoms with Gasteiger partial charge >= 0.3 is 0 Å². The van der Waals surface area contributed by atoms with Gasteiger partial charge < -0.3 is 15.4 Å². The van der Waals surface area contributed by atoms with Gasteiger partial charge in [0.25, 0.3) is 0 Å². The number of amides is 2. The fourth-order valence-electron chi connectivity index (χ4n) is 2.46. The van der Waals surface area contributed by atoms with Crippen LogP contribution >= 0.6 is 11.6 Å². The first-order valence-corrected chi connectivity index (χ1v) is 7.94. The van der Waals surface area contributed by atoms with Gasteiger partial charge in [-0.1, -0.05) is 23.7 Å². The highest BCUT2D eigenvalue weighted by Crippen LogP contribution is 2.48. The number of ether oxygens (including phenoxy) is 1. The van der Waals surface area contributed by atoms with Gasteiger partial charge in [0.1, 0.15) is 11.2 Å². The molecule has 24 heavy (non-hydrogen) atoms. The van der Waals surface area contributed by atoms with E-state index in [1.807, 2.05) is 6.07 Å². The number of hydrogen-bond donors (Lipinski definition) is 2. The minimum absolute atomic E-state index is 0.308. The Balaban J connectivity index is 1.71. The molecule has 0 aromatic heterocycles. The lowest BCUT2D eigenvalue weighted by Gasteiger charge is -2.16. The number of benzene rings is 2. The Morgan fingerprint density at radius 3 is 2.25 bits per heavy atom. The van der Waals surface area contributed by atoms with Crippen LogP contribution in [0.25, 0.3) is 0 Å². The van der Waals surface area contributed by atoms with Gasteiger partial charge in [-0.3, -0.25) is 9.59 Å². The molecule has 0 radical (unpaired) electrons. The summed E-state index contributed by atoms with van der Waals surface area (Å²) in [6.45, 7) is 0. The van der Waals surface area contributed by atoms with Gasteiger partial charge in [-0.25, -0.2) is 0 Å². The fraction of sp³-hybridized carbons (Fsp3) is 0.222. The van der Waals surface area contributed by atoms with Crippen LogP contribution in [0.2, 0.25) is 5.02 Å². The van der Waals surface area contributed by atoms with Crippen molar-refractivity contribution in [2.45, 2.75) is 12.8 Å². The van der Waals surface area contributed by atoms with Crippen LogP contribution in [0, 0.1) is 5.41 Å². The highest BCUT2D eigenvalue weighted by molar-refractivity contribution is 6.30. The molecular formula is C18H17ClN2O3. The van der Waals surface area contributed by atoms with E-state index in [2.05, 4.69) is 10.6 Å². The van der Waals surface area contributed by atoms with Crippen molar-refractivity contribution in [1.29, 1.82) is 0 Å². The monoisotopic (exact) mass is 344 g/mol. The average Bonchev–Trinajstić information content (AvgIpc) is 3.39. The van der Waals surface area contributed by atoms with E-state index < -0.39 is 5.41 Å². The Hall–Kier alpha value is -2.53. The van der Waals surface area contributed by atoms with Gasteiger partial charge in [0.2, 0.25) is 11.8 Å². The van der Waals surface area contributed by atoms with Gasteiger partial charge in [0, 0.05) is 10.7 Å². The summed E-state index contributed by atoms with van der Waals surface area (Å²) >= 11 is 5.83. The number of carbonyl (C=O) groups is 2. The molecule has 1 aliphatic carbocycles. The average molecular weight is 345 g/mol. The zero-order chi connectivity index (χ0) is 17.2. The standard InChI is InChI=1S/C18H17ClN2O3/c1-24-15-5-3-2-4-14(15)21-17(23)18(10-11-18)16(22)20-13-8-6-12(19)7-9-13/h2-9H,10-11H2,1H3,(H,20,22)(H,21,23). The number of hydrogen-bond acceptors (Lipinski definition) is 3. The van der Waals surface area contributed by atoms with Crippen LogP contribution in [0.3, 0.4) is 0 Å². The van der Waals surface area contributed by atoms with Crippen molar-refractivity contribution in [2.24, 2.45) is 5.41 Å². The van der Waals surface area contributed by atoms with Crippen LogP contribution in [-0.4, -0.2) is 18.9 Å². The second kappa shape index (κ2) is 6.53. The third kappa shape index (κ3) is 3.21. The first-order chi connectivity index (χ1) is 11.5. The molecule has 0 spiro atoms. The molecule has 2 N–H and O–H groups in total. The minimum Gasteiger partial charge on any atom is -0.495 e. The van der Waals surface area contributed by atoms with Gasteiger partial charge in [-0.2, -0.15) is 0 Å². The van der Waals surface area contributed by atoms with Crippen LogP contribution in [0.5, 0.6) is 5.75 Å². The summed E-state index contributed by atoms with van der Waals surface area (Å²) in [4.78, 5) is 25.1. The van der Waals surface area contributed by atoms with Crippen LogP contribution in [0.4, 0.5) is 11.4 Å². The van der Waals surface area contributed by atoms with Crippen molar-refractivity contribution in [2.75, 3.05) is 17.7 Å². The molecule has 1 fully saturated rings. The lowest BCUT2D eigenvalue weighted by molar-refractivity contribution is -0.131. The number of halogens is 1. The van der Waals surface area contributed by atoms with E-state index in [0.717, 1.165) is 0 Å². The third-order valence-corrected chi connectivity index (χ3v) is 4.33. The van der Waals surface area contributed by atoms with Gasteiger partial charge in [-0.15, -0.1) is 0 Å². The van der Waals surface area contributed by atoms with Crippen LogP contribution < -0.4 is 15.4 Å². The SMILES string of the molecule is COc1ccccc1NC(=O)C1(C(=O)Nc2ccc(Cl)cc2)CC1. The second-order valence-corrected chi connectivity index (χ2v) is 6.13. The molecule has 0 bridgehead atoms. The molecule has 2 amide bonds. The molecule has 6 heteroatoms. The van der Waals surface area contributed by atoms with Gasteiger partial charge in [-0.05, 0) is 49.2 Å². The molecule has 2 aromatic rings. The molecule has 0 atom stereocenters. The molecule has 1 saturated carbocycles. The van der Waals surface area contributed by atoms with Crippen LogP contribution in [-0.2, 0) is 9.59 Å². The highest BCUT2D eigenvalue weighted by atomic mass is 35.5. The number of rotatable bonds is 5. The summed E-state index contributed by atoms with van der Waals surface area (Å²) in [6.07, 6.45) is 1.04. The minimum atomic E-state index is -1.03. The Morgan fingerprint density at radius 1 is 1.00 bits per heavy atom. The van der Waals surface area contributed by atoms with E-state index >= 15 is 0 Å². The van der Waals surface area contributed by atoms with E-state index in [9.17, 15) is 9.59 Å². The predicted molar refractivity (Wildman–Crippen MR) is 93.4 cm³/mol. The maximum absolute atomic E-state index is 12.6. The molecular weight excluding hydrogens is 328 g/mol. The Labute approximate surface area is 145 Å². The molecule has 1 aliphatic rings. The maximum atomic E-state index is 12.6. The maximum Gasteiger partial charge on any atom is 0.240 e. The van der Waals surface area contributed by atoms with E-state index in [1.54, 1.807) is 42.5 Å². The Kier molecular flexibility index (Phi) is 4.44. The topological polar surface area (TPSA) is 67.4 Å². The van der Waals surface area contributed by atoms with Gasteiger partial charge in [0.05, 0.1) is 12.8 Å². The summed E-state index contributed by atoms with van der Waals surface area (Å²) in [5.74, 6) is -0.0737. The lowest BCUT2D eigenvalue weighted by Crippen LogP contribution is -2.35. The van der Waals surface area contributed by atoms with E-state index in [1.165, 1.54) is 7.11 Å². The van der Waals surface area contributed by atoms with Gasteiger partial charge in [0.15, 0.2) is 0 Å². The zero-order valence-electron chi connectivity index (χ0n) is 13.1. The molecule has 5 nitrogen and oxygen atoms in total. The summed E-state index contributed by atoms with van der Waals surface area (Å²) < 4.78 is 5.22. The Morgan fingerprint density at radius 2 is 1.62 bits per heavy atom. The van der Waals surface area contributed by atoms with E-state index in [-0.39, 0.29) is 11.8 Å². The fourth-order valence-corrected chi connectivity index (χ4v) is 2.58. The number of nitrogens with one attached hydrogen (secondary N) is 2. The van der Waals surface area contributed by atoms with Crippen LogP contribution in [0.1, 0.15) is 12.8 Å². The summed E-state index contributed by atoms with van der Waals surface area (Å²) in [6, 6.07) is 13.9. The number of para-hydroxylation sites is 2. The van der Waals surface area contributed by atoms with E-state index in [0.29, 0.717) is 35.0 Å². The van der Waals surface area contributed by atoms with Crippen molar-refractivity contribution >= 4 is 34.8 Å². The molecule has 2 aromatic carbocycles. The third-order valence-electron chi connectivity index (χ3n) is 4.08. The molecule has 3 rings (SSSR count). The Bertz CT molecular complexity index is 770. The highest BCUT2D eigenvalue weighted by Gasteiger charge is 2.56. The smallest absolute Gasteiger partial charge is 0.240 e. The first-order valence-electron chi connectivity index (χ1n) is 7.57. The molecule has 0 unspecified atom stereocenters. The van der Waals surface area contributed by atoms with Crippen LogP contribution in [0.15, 0.2) is 48.5 Å². The molecule has 0 aliphatic heterocycles.